The van der Waals surface area contributed by atoms with Crippen LogP contribution >= 0.6 is 0 Å². The number of rotatable bonds is 6. The third kappa shape index (κ3) is 4.34. The summed E-state index contributed by atoms with van der Waals surface area (Å²) in [6, 6.07) is 13.1. The SMILES string of the molecule is COc1cc(/C=C/C(=O)OCC(=O)N2c3ccccc3C[C@H]2C)cc(OC)c1. The van der Waals surface area contributed by atoms with Gasteiger partial charge >= 0.3 is 5.97 Å². The summed E-state index contributed by atoms with van der Waals surface area (Å²) >= 11 is 0. The molecule has 1 heterocycles. The van der Waals surface area contributed by atoms with Crippen molar-refractivity contribution in [3.63, 3.8) is 0 Å². The van der Waals surface area contributed by atoms with Crippen molar-refractivity contribution < 1.29 is 23.8 Å². The van der Waals surface area contributed by atoms with Crippen LogP contribution in [0.3, 0.4) is 0 Å². The van der Waals surface area contributed by atoms with Crippen molar-refractivity contribution in [3.05, 3.63) is 59.7 Å². The molecule has 28 heavy (non-hydrogen) atoms. The molecule has 0 unspecified atom stereocenters. The Morgan fingerprint density at radius 2 is 1.79 bits per heavy atom. The third-order valence-corrected chi connectivity index (χ3v) is 4.60. The molecule has 2 aromatic carbocycles. The smallest absolute Gasteiger partial charge is 0.331 e. The number of amides is 1. The van der Waals surface area contributed by atoms with E-state index in [1.54, 1.807) is 43.4 Å². The molecule has 0 aliphatic carbocycles. The highest BCUT2D eigenvalue weighted by Crippen LogP contribution is 2.31. The van der Waals surface area contributed by atoms with Gasteiger partial charge in [-0.25, -0.2) is 4.79 Å². The van der Waals surface area contributed by atoms with E-state index in [-0.39, 0.29) is 18.6 Å². The first kappa shape index (κ1) is 19.5. The largest absolute Gasteiger partial charge is 0.497 e. The van der Waals surface area contributed by atoms with Gasteiger partial charge in [-0.3, -0.25) is 4.79 Å². The molecule has 6 heteroatoms. The monoisotopic (exact) mass is 381 g/mol. The molecule has 0 saturated heterocycles. The normalized spacial score (nSPS) is 15.4. The first-order valence-electron chi connectivity index (χ1n) is 8.99. The number of nitrogens with zero attached hydrogens (tertiary/aromatic N) is 1. The van der Waals surface area contributed by atoms with Gasteiger partial charge in [0.15, 0.2) is 6.61 Å². The van der Waals surface area contributed by atoms with E-state index in [0.717, 1.165) is 23.2 Å². The number of methoxy groups -OCH3 is 2. The molecule has 0 bridgehead atoms. The summed E-state index contributed by atoms with van der Waals surface area (Å²) in [5.74, 6) is 0.408. The number of benzene rings is 2. The highest BCUT2D eigenvalue weighted by atomic mass is 16.5. The van der Waals surface area contributed by atoms with E-state index in [1.807, 2.05) is 31.2 Å². The Bertz CT molecular complexity index is 883. The quantitative estimate of drug-likeness (QED) is 0.568. The molecule has 1 aliphatic heterocycles. The van der Waals surface area contributed by atoms with Crippen LogP contribution in [0.25, 0.3) is 6.08 Å². The van der Waals surface area contributed by atoms with E-state index in [9.17, 15) is 9.59 Å². The van der Waals surface area contributed by atoms with Crippen molar-refractivity contribution in [3.8, 4) is 11.5 Å². The van der Waals surface area contributed by atoms with Gasteiger partial charge in [0.05, 0.1) is 14.2 Å². The second kappa shape index (κ2) is 8.61. The van der Waals surface area contributed by atoms with Crippen molar-refractivity contribution >= 4 is 23.6 Å². The highest BCUT2D eigenvalue weighted by Gasteiger charge is 2.30. The van der Waals surface area contributed by atoms with Crippen LogP contribution in [0.5, 0.6) is 11.5 Å². The molecule has 0 N–H and O–H groups in total. The molecule has 0 aromatic heterocycles. The van der Waals surface area contributed by atoms with E-state index in [4.69, 9.17) is 14.2 Å². The van der Waals surface area contributed by atoms with Crippen LogP contribution in [0.1, 0.15) is 18.1 Å². The topological polar surface area (TPSA) is 65.1 Å². The number of ether oxygens (including phenoxy) is 3. The minimum atomic E-state index is -0.588. The molecular formula is C22H23NO5. The summed E-state index contributed by atoms with van der Waals surface area (Å²) in [4.78, 5) is 26.3. The van der Waals surface area contributed by atoms with Crippen LogP contribution < -0.4 is 14.4 Å². The molecule has 6 nitrogen and oxygen atoms in total. The van der Waals surface area contributed by atoms with E-state index in [0.29, 0.717) is 11.5 Å². The van der Waals surface area contributed by atoms with Crippen LogP contribution in [0.2, 0.25) is 0 Å². The molecule has 1 amide bonds. The zero-order valence-electron chi connectivity index (χ0n) is 16.2. The van der Waals surface area contributed by atoms with Gasteiger partial charge in [-0.1, -0.05) is 18.2 Å². The molecule has 0 fully saturated rings. The number of fused-ring (bicyclic) bond motifs is 1. The number of carbonyl (C=O) groups is 2. The molecule has 0 spiro atoms. The van der Waals surface area contributed by atoms with Crippen LogP contribution in [-0.4, -0.2) is 38.7 Å². The lowest BCUT2D eigenvalue weighted by molar-refractivity contribution is -0.143. The fourth-order valence-corrected chi connectivity index (χ4v) is 3.29. The minimum absolute atomic E-state index is 0.0448. The molecule has 2 aromatic rings. The van der Waals surface area contributed by atoms with Crippen molar-refractivity contribution in [2.45, 2.75) is 19.4 Å². The predicted octanol–water partition coefficient (Wildman–Crippen LogP) is 3.24. The van der Waals surface area contributed by atoms with Crippen LogP contribution in [0.15, 0.2) is 48.5 Å². The maximum absolute atomic E-state index is 12.6. The molecule has 146 valence electrons. The van der Waals surface area contributed by atoms with Gasteiger partial charge in [-0.05, 0) is 48.7 Å². The lowest BCUT2D eigenvalue weighted by atomic mass is 10.1. The van der Waals surface area contributed by atoms with Crippen LogP contribution in [0.4, 0.5) is 5.69 Å². The average Bonchev–Trinajstić information content (AvgIpc) is 3.05. The third-order valence-electron chi connectivity index (χ3n) is 4.60. The number of carbonyl (C=O) groups excluding carboxylic acids is 2. The van der Waals surface area contributed by atoms with Gasteiger partial charge < -0.3 is 19.1 Å². The predicted molar refractivity (Wildman–Crippen MR) is 107 cm³/mol. The minimum Gasteiger partial charge on any atom is -0.497 e. The number of esters is 1. The van der Waals surface area contributed by atoms with Gasteiger partial charge in [-0.15, -0.1) is 0 Å². The fourth-order valence-electron chi connectivity index (χ4n) is 3.29. The maximum atomic E-state index is 12.6. The number of para-hydroxylation sites is 1. The Morgan fingerprint density at radius 3 is 2.46 bits per heavy atom. The Hall–Kier alpha value is -3.28. The Balaban J connectivity index is 1.60. The van der Waals surface area contributed by atoms with E-state index < -0.39 is 5.97 Å². The number of anilines is 1. The van der Waals surface area contributed by atoms with Gasteiger partial charge in [0.2, 0.25) is 0 Å². The van der Waals surface area contributed by atoms with Crippen molar-refractivity contribution in [1.82, 2.24) is 0 Å². The second-order valence-electron chi connectivity index (χ2n) is 6.53. The Morgan fingerprint density at radius 1 is 1.11 bits per heavy atom. The fraction of sp³-hybridized carbons (Fsp3) is 0.273. The number of hydrogen-bond donors (Lipinski definition) is 0. The number of hydrogen-bond acceptors (Lipinski definition) is 5. The standard InChI is InChI=1S/C22H23NO5/c1-15-10-17-6-4-5-7-20(17)23(15)21(24)14-28-22(25)9-8-16-11-18(26-2)13-19(12-16)27-3/h4-9,11-13,15H,10,14H2,1-3H3/b9-8+/t15-/m1/s1. The molecule has 3 rings (SSSR count). The summed E-state index contributed by atoms with van der Waals surface area (Å²) in [5.41, 5.74) is 2.73. The van der Waals surface area contributed by atoms with Crippen molar-refractivity contribution in [2.24, 2.45) is 0 Å². The molecule has 0 saturated carbocycles. The zero-order chi connectivity index (χ0) is 20.1. The van der Waals surface area contributed by atoms with Gasteiger partial charge in [-0.2, -0.15) is 0 Å². The van der Waals surface area contributed by atoms with E-state index in [2.05, 4.69) is 0 Å². The van der Waals surface area contributed by atoms with E-state index >= 15 is 0 Å². The van der Waals surface area contributed by atoms with Crippen molar-refractivity contribution in [2.75, 3.05) is 25.7 Å². The van der Waals surface area contributed by atoms with Crippen LogP contribution in [0, 0.1) is 0 Å². The first-order valence-corrected chi connectivity index (χ1v) is 8.99. The average molecular weight is 381 g/mol. The molecular weight excluding hydrogens is 358 g/mol. The first-order chi connectivity index (χ1) is 13.5. The summed E-state index contributed by atoms with van der Waals surface area (Å²) in [5, 5.41) is 0. The van der Waals surface area contributed by atoms with Crippen LogP contribution in [-0.2, 0) is 20.7 Å². The summed E-state index contributed by atoms with van der Waals surface area (Å²) in [7, 11) is 3.11. The molecule has 1 aliphatic rings. The van der Waals surface area contributed by atoms with Crippen molar-refractivity contribution in [1.29, 1.82) is 0 Å². The summed E-state index contributed by atoms with van der Waals surface area (Å²) < 4.78 is 15.5. The van der Waals surface area contributed by atoms with E-state index in [1.165, 1.54) is 6.08 Å². The Kier molecular flexibility index (Phi) is 5.99. The second-order valence-corrected chi connectivity index (χ2v) is 6.53. The van der Waals surface area contributed by atoms with Gasteiger partial charge in [0, 0.05) is 23.9 Å². The lowest BCUT2D eigenvalue weighted by Gasteiger charge is -2.22. The summed E-state index contributed by atoms with van der Waals surface area (Å²) in [6.07, 6.45) is 3.67. The zero-order valence-corrected chi connectivity index (χ0v) is 16.2. The van der Waals surface area contributed by atoms with Gasteiger partial charge in [0.25, 0.3) is 5.91 Å². The maximum Gasteiger partial charge on any atom is 0.331 e. The highest BCUT2D eigenvalue weighted by molar-refractivity contribution is 5.98. The molecule has 1 atom stereocenters. The molecule has 0 radical (unpaired) electrons. The van der Waals surface area contributed by atoms with Gasteiger partial charge in [0.1, 0.15) is 11.5 Å². The Labute approximate surface area is 164 Å². The lowest BCUT2D eigenvalue weighted by Crippen LogP contribution is -2.38. The summed E-state index contributed by atoms with van der Waals surface area (Å²) in [6.45, 7) is 1.68.